The highest BCUT2D eigenvalue weighted by Crippen LogP contribution is 2.19. The number of aliphatic hydroxyl groups is 1. The number of nitrogens with zero attached hydrogens (tertiary/aromatic N) is 1. The van der Waals surface area contributed by atoms with Crippen molar-refractivity contribution >= 4 is 23.8 Å². The van der Waals surface area contributed by atoms with Crippen LogP contribution in [0.15, 0.2) is 0 Å². The molecule has 1 aliphatic heterocycles. The number of carboxylic acid groups (broad SMARTS) is 1. The number of hydrogen-bond acceptors (Lipinski definition) is 4. The van der Waals surface area contributed by atoms with Gasteiger partial charge in [-0.1, -0.05) is 0 Å². The van der Waals surface area contributed by atoms with Crippen molar-refractivity contribution in [3.05, 3.63) is 0 Å². The van der Waals surface area contributed by atoms with Crippen LogP contribution in [0.25, 0.3) is 0 Å². The molecule has 1 aliphatic rings. The number of hydrogen-bond donors (Lipinski definition) is 3. The molecule has 0 aromatic carbocycles. The standard InChI is InChI=1S/C13H24N2O4S/c1-20-9-6-11(12(17)18)14-13(19)15-7-3-2-4-10(15)5-8-16/h10-11,16H,2-9H2,1H3,(H,14,19)(H,17,18)/t10?,11-/m0/s1. The van der Waals surface area contributed by atoms with Crippen molar-refractivity contribution in [3.8, 4) is 0 Å². The summed E-state index contributed by atoms with van der Waals surface area (Å²) in [6, 6.07) is -1.15. The maximum atomic E-state index is 12.2. The average Bonchev–Trinajstić information content (AvgIpc) is 2.43. The second kappa shape index (κ2) is 9.07. The molecular weight excluding hydrogens is 280 g/mol. The number of aliphatic hydroxyl groups excluding tert-OH is 1. The van der Waals surface area contributed by atoms with Crippen LogP contribution < -0.4 is 5.32 Å². The zero-order valence-corrected chi connectivity index (χ0v) is 12.7. The molecule has 0 bridgehead atoms. The van der Waals surface area contributed by atoms with Crippen LogP contribution in [-0.4, -0.2) is 64.4 Å². The molecule has 2 atom stereocenters. The fraction of sp³-hybridized carbons (Fsp3) is 0.846. The lowest BCUT2D eigenvalue weighted by Gasteiger charge is -2.36. The largest absolute Gasteiger partial charge is 0.480 e. The first kappa shape index (κ1) is 17.1. The molecule has 1 saturated heterocycles. The van der Waals surface area contributed by atoms with Gasteiger partial charge in [0.25, 0.3) is 0 Å². The minimum atomic E-state index is -0.997. The second-order valence-electron chi connectivity index (χ2n) is 4.98. The summed E-state index contributed by atoms with van der Waals surface area (Å²) in [5, 5.41) is 20.8. The van der Waals surface area contributed by atoms with Crippen molar-refractivity contribution in [3.63, 3.8) is 0 Å². The molecule has 0 saturated carbocycles. The summed E-state index contributed by atoms with van der Waals surface area (Å²) in [5.41, 5.74) is 0. The van der Waals surface area contributed by atoms with Crippen molar-refractivity contribution in [1.82, 2.24) is 10.2 Å². The van der Waals surface area contributed by atoms with Crippen LogP contribution in [-0.2, 0) is 4.79 Å². The summed E-state index contributed by atoms with van der Waals surface area (Å²) in [6.45, 7) is 0.675. The molecule has 1 unspecified atom stereocenters. The summed E-state index contributed by atoms with van der Waals surface area (Å²) in [7, 11) is 0. The first-order valence-electron chi connectivity index (χ1n) is 7.00. The zero-order chi connectivity index (χ0) is 15.0. The number of piperidine rings is 1. The highest BCUT2D eigenvalue weighted by atomic mass is 32.2. The Balaban J connectivity index is 2.58. The number of likely N-dealkylation sites (tertiary alicyclic amines) is 1. The monoisotopic (exact) mass is 304 g/mol. The van der Waals surface area contributed by atoms with Gasteiger partial charge in [-0.05, 0) is 44.1 Å². The minimum Gasteiger partial charge on any atom is -0.480 e. The third kappa shape index (κ3) is 5.20. The molecule has 0 aromatic heterocycles. The molecule has 0 aromatic rings. The average molecular weight is 304 g/mol. The number of carbonyl (C=O) groups is 2. The van der Waals surface area contributed by atoms with Crippen molar-refractivity contribution in [2.24, 2.45) is 0 Å². The SMILES string of the molecule is CSCC[C@H](NC(=O)N1CCCCC1CCO)C(=O)O. The molecule has 1 heterocycles. The van der Waals surface area contributed by atoms with E-state index in [4.69, 9.17) is 10.2 Å². The van der Waals surface area contributed by atoms with Crippen LogP contribution in [0.5, 0.6) is 0 Å². The Bertz CT molecular complexity index is 325. The number of thioether (sulfide) groups is 1. The fourth-order valence-electron chi connectivity index (χ4n) is 2.44. The van der Waals surface area contributed by atoms with Gasteiger partial charge in [-0.2, -0.15) is 11.8 Å². The number of nitrogens with one attached hydrogen (secondary N) is 1. The summed E-state index contributed by atoms with van der Waals surface area (Å²) in [5.74, 6) is -0.305. The highest BCUT2D eigenvalue weighted by molar-refractivity contribution is 7.98. The normalized spacial score (nSPS) is 20.5. The Kier molecular flexibility index (Phi) is 7.76. The van der Waals surface area contributed by atoms with Crippen LogP contribution in [0.4, 0.5) is 4.79 Å². The highest BCUT2D eigenvalue weighted by Gasteiger charge is 2.29. The molecule has 3 N–H and O–H groups in total. The molecule has 0 spiro atoms. The number of carbonyl (C=O) groups excluding carboxylic acids is 1. The molecular formula is C13H24N2O4S. The first-order valence-corrected chi connectivity index (χ1v) is 8.39. The number of amides is 2. The van der Waals surface area contributed by atoms with Gasteiger partial charge in [-0.15, -0.1) is 0 Å². The topological polar surface area (TPSA) is 89.9 Å². The van der Waals surface area contributed by atoms with Gasteiger partial charge in [0.1, 0.15) is 6.04 Å². The predicted molar refractivity (Wildman–Crippen MR) is 79.0 cm³/mol. The van der Waals surface area contributed by atoms with Crippen LogP contribution >= 0.6 is 11.8 Å². The molecule has 1 fully saturated rings. The van der Waals surface area contributed by atoms with Crippen LogP contribution in [0.2, 0.25) is 0 Å². The Morgan fingerprint density at radius 1 is 1.45 bits per heavy atom. The van der Waals surface area contributed by atoms with Crippen molar-refractivity contribution in [2.75, 3.05) is 25.2 Å². The maximum Gasteiger partial charge on any atom is 0.326 e. The van der Waals surface area contributed by atoms with E-state index in [-0.39, 0.29) is 18.7 Å². The molecule has 0 radical (unpaired) electrons. The Labute approximate surface area is 123 Å². The number of carboxylic acids is 1. The lowest BCUT2D eigenvalue weighted by molar-refractivity contribution is -0.139. The lowest BCUT2D eigenvalue weighted by Crippen LogP contribution is -2.53. The molecule has 20 heavy (non-hydrogen) atoms. The third-order valence-corrected chi connectivity index (χ3v) is 4.20. The summed E-state index contributed by atoms with van der Waals surface area (Å²) in [4.78, 5) is 25.0. The van der Waals surface area contributed by atoms with E-state index in [1.54, 1.807) is 16.7 Å². The van der Waals surface area contributed by atoms with Crippen LogP contribution in [0.1, 0.15) is 32.1 Å². The van der Waals surface area contributed by atoms with Gasteiger partial charge < -0.3 is 20.4 Å². The van der Waals surface area contributed by atoms with E-state index in [1.807, 2.05) is 6.26 Å². The van der Waals surface area contributed by atoms with Crippen molar-refractivity contribution in [1.29, 1.82) is 0 Å². The van der Waals surface area contributed by atoms with Gasteiger partial charge in [0.05, 0.1) is 0 Å². The summed E-state index contributed by atoms with van der Waals surface area (Å²) >= 11 is 1.56. The van der Waals surface area contributed by atoms with E-state index in [2.05, 4.69) is 5.32 Å². The van der Waals surface area contributed by atoms with Gasteiger partial charge in [0.2, 0.25) is 0 Å². The van der Waals surface area contributed by atoms with Crippen molar-refractivity contribution < 1.29 is 19.8 Å². The zero-order valence-electron chi connectivity index (χ0n) is 11.9. The molecule has 7 heteroatoms. The van der Waals surface area contributed by atoms with Gasteiger partial charge in [0.15, 0.2) is 0 Å². The van der Waals surface area contributed by atoms with Crippen molar-refractivity contribution in [2.45, 2.75) is 44.2 Å². The second-order valence-corrected chi connectivity index (χ2v) is 5.96. The van der Waals surface area contributed by atoms with E-state index in [0.717, 1.165) is 19.3 Å². The Morgan fingerprint density at radius 3 is 2.80 bits per heavy atom. The van der Waals surface area contributed by atoms with Gasteiger partial charge in [-0.25, -0.2) is 9.59 Å². The number of aliphatic carboxylic acids is 1. The van der Waals surface area contributed by atoms with Crippen LogP contribution in [0.3, 0.4) is 0 Å². The van der Waals surface area contributed by atoms with E-state index in [9.17, 15) is 9.59 Å². The molecule has 2 amide bonds. The Morgan fingerprint density at radius 2 is 2.20 bits per heavy atom. The van der Waals surface area contributed by atoms with E-state index in [1.165, 1.54) is 0 Å². The van der Waals surface area contributed by atoms with Crippen LogP contribution in [0, 0.1) is 0 Å². The Hall–Kier alpha value is -0.950. The van der Waals surface area contributed by atoms with Gasteiger partial charge in [0, 0.05) is 19.2 Å². The van der Waals surface area contributed by atoms with Gasteiger partial charge in [-0.3, -0.25) is 0 Å². The first-order chi connectivity index (χ1) is 9.60. The quantitative estimate of drug-likeness (QED) is 0.656. The smallest absolute Gasteiger partial charge is 0.326 e. The third-order valence-electron chi connectivity index (χ3n) is 3.56. The summed E-state index contributed by atoms with van der Waals surface area (Å²) in [6.07, 6.45) is 5.72. The molecule has 0 aliphatic carbocycles. The number of rotatable bonds is 7. The fourth-order valence-corrected chi connectivity index (χ4v) is 2.91. The molecule has 116 valence electrons. The number of urea groups is 1. The van der Waals surface area contributed by atoms with E-state index < -0.39 is 12.0 Å². The predicted octanol–water partition coefficient (Wildman–Crippen LogP) is 1.14. The lowest BCUT2D eigenvalue weighted by atomic mass is 10.00. The van der Waals surface area contributed by atoms with E-state index >= 15 is 0 Å². The van der Waals surface area contributed by atoms with E-state index in [0.29, 0.717) is 25.1 Å². The van der Waals surface area contributed by atoms with Gasteiger partial charge >= 0.3 is 12.0 Å². The maximum absolute atomic E-state index is 12.2. The minimum absolute atomic E-state index is 0.0174. The summed E-state index contributed by atoms with van der Waals surface area (Å²) < 4.78 is 0. The molecule has 6 nitrogen and oxygen atoms in total. The molecule has 1 rings (SSSR count).